The van der Waals surface area contributed by atoms with Gasteiger partial charge in [0.05, 0.1) is 10.9 Å². The number of hydrogen-bond donors (Lipinski definition) is 2. The molecule has 1 rings (SSSR count). The van der Waals surface area contributed by atoms with Gasteiger partial charge in [-0.15, -0.1) is 11.3 Å². The minimum atomic E-state index is 0.0654. The zero-order valence-electron chi connectivity index (χ0n) is 10.9. The third kappa shape index (κ3) is 5.85. The van der Waals surface area contributed by atoms with Gasteiger partial charge in [-0.25, -0.2) is 0 Å². The van der Waals surface area contributed by atoms with Gasteiger partial charge in [0.1, 0.15) is 0 Å². The topological polar surface area (TPSA) is 55.1 Å². The Balaban J connectivity index is 2.32. The average molecular weight is 289 g/mol. The summed E-state index contributed by atoms with van der Waals surface area (Å²) in [6.45, 7) is 5.41. The summed E-state index contributed by atoms with van der Waals surface area (Å²) in [5, 5.41) is 2.91. The van der Waals surface area contributed by atoms with E-state index in [9.17, 15) is 4.79 Å². The van der Waals surface area contributed by atoms with Crippen molar-refractivity contribution in [3.05, 3.63) is 21.3 Å². The zero-order valence-corrected chi connectivity index (χ0v) is 12.5. The van der Waals surface area contributed by atoms with E-state index in [1.54, 1.807) is 0 Å². The van der Waals surface area contributed by atoms with Gasteiger partial charge >= 0.3 is 0 Å². The molecule has 0 radical (unpaired) electrons. The maximum Gasteiger partial charge on any atom is 0.220 e. The predicted molar refractivity (Wildman–Crippen MR) is 77.8 cm³/mol. The normalized spacial score (nSPS) is 12.7. The summed E-state index contributed by atoms with van der Waals surface area (Å²) in [6.07, 6.45) is 1.50. The molecule has 1 aromatic heterocycles. The third-order valence-corrected chi connectivity index (χ3v) is 3.93. The number of halogens is 1. The van der Waals surface area contributed by atoms with Crippen molar-refractivity contribution in [3.8, 4) is 0 Å². The number of thiophene rings is 1. The molecule has 18 heavy (non-hydrogen) atoms. The van der Waals surface area contributed by atoms with Crippen molar-refractivity contribution >= 4 is 28.8 Å². The largest absolute Gasteiger partial charge is 0.351 e. The first-order chi connectivity index (χ1) is 8.51. The fourth-order valence-electron chi connectivity index (χ4n) is 1.90. The van der Waals surface area contributed by atoms with Crippen LogP contribution in [-0.4, -0.2) is 12.5 Å². The van der Waals surface area contributed by atoms with E-state index >= 15 is 0 Å². The Morgan fingerprint density at radius 2 is 2.22 bits per heavy atom. The van der Waals surface area contributed by atoms with Crippen LogP contribution >= 0.6 is 22.9 Å². The van der Waals surface area contributed by atoms with E-state index in [0.29, 0.717) is 25.4 Å². The van der Waals surface area contributed by atoms with Gasteiger partial charge in [-0.05, 0) is 36.9 Å². The van der Waals surface area contributed by atoms with Crippen LogP contribution in [-0.2, 0) is 11.3 Å². The molecule has 0 aliphatic heterocycles. The highest BCUT2D eigenvalue weighted by Crippen LogP contribution is 2.21. The van der Waals surface area contributed by atoms with E-state index in [1.165, 1.54) is 11.3 Å². The van der Waals surface area contributed by atoms with Gasteiger partial charge < -0.3 is 11.1 Å². The lowest BCUT2D eigenvalue weighted by Gasteiger charge is -2.16. The molecule has 102 valence electrons. The van der Waals surface area contributed by atoms with Crippen LogP contribution in [0.1, 0.15) is 31.6 Å². The number of nitrogens with two attached hydrogens (primary N) is 1. The molecule has 3 N–H and O–H groups in total. The van der Waals surface area contributed by atoms with Gasteiger partial charge in [0.25, 0.3) is 0 Å². The van der Waals surface area contributed by atoms with Crippen LogP contribution in [0.15, 0.2) is 12.1 Å². The summed E-state index contributed by atoms with van der Waals surface area (Å²) >= 11 is 7.32. The second kappa shape index (κ2) is 7.77. The highest BCUT2D eigenvalue weighted by Gasteiger charge is 2.14. The maximum absolute atomic E-state index is 11.8. The minimum Gasteiger partial charge on any atom is -0.351 e. The number of nitrogens with one attached hydrogen (secondary N) is 1. The second-order valence-electron chi connectivity index (χ2n) is 4.92. The van der Waals surface area contributed by atoms with Crippen LogP contribution in [0.4, 0.5) is 0 Å². The summed E-state index contributed by atoms with van der Waals surface area (Å²) in [7, 11) is 0. The van der Waals surface area contributed by atoms with Crippen LogP contribution in [0.5, 0.6) is 0 Å². The smallest absolute Gasteiger partial charge is 0.220 e. The van der Waals surface area contributed by atoms with Crippen LogP contribution < -0.4 is 11.1 Å². The van der Waals surface area contributed by atoms with Crippen LogP contribution in [0.25, 0.3) is 0 Å². The average Bonchev–Trinajstić information content (AvgIpc) is 2.71. The molecule has 0 fully saturated rings. The monoisotopic (exact) mass is 288 g/mol. The quantitative estimate of drug-likeness (QED) is 0.810. The Labute approximate surface area is 118 Å². The van der Waals surface area contributed by atoms with Crippen molar-refractivity contribution in [2.24, 2.45) is 17.6 Å². The lowest BCUT2D eigenvalue weighted by molar-refractivity contribution is -0.122. The molecule has 1 amide bonds. The Bertz CT molecular complexity index is 379. The maximum atomic E-state index is 11.8. The van der Waals surface area contributed by atoms with Crippen molar-refractivity contribution in [2.75, 3.05) is 6.54 Å². The summed E-state index contributed by atoms with van der Waals surface area (Å²) in [5.74, 6) is 0.912. The van der Waals surface area contributed by atoms with Gasteiger partial charge in [0, 0.05) is 11.3 Å². The fraction of sp³-hybridized carbons (Fsp3) is 0.615. The summed E-state index contributed by atoms with van der Waals surface area (Å²) in [5.41, 5.74) is 5.68. The van der Waals surface area contributed by atoms with Crippen molar-refractivity contribution in [2.45, 2.75) is 33.2 Å². The number of carbonyl (C=O) groups excluding carboxylic acids is 1. The van der Waals surface area contributed by atoms with Gasteiger partial charge in [-0.2, -0.15) is 0 Å². The van der Waals surface area contributed by atoms with Gasteiger partial charge in [0.15, 0.2) is 0 Å². The molecular weight excluding hydrogens is 268 g/mol. The molecule has 1 atom stereocenters. The van der Waals surface area contributed by atoms with E-state index in [0.717, 1.165) is 15.6 Å². The standard InChI is InChI=1S/C13H21ClN2OS/c1-9(2)5-10(7-15)6-13(17)16-8-11-3-4-12(14)18-11/h3-4,9-10H,5-8,15H2,1-2H3,(H,16,17). The molecular formula is C13H21ClN2OS. The van der Waals surface area contributed by atoms with E-state index in [1.807, 2.05) is 12.1 Å². The molecule has 0 aliphatic rings. The third-order valence-electron chi connectivity index (χ3n) is 2.70. The molecule has 1 heterocycles. The van der Waals surface area contributed by atoms with Crippen molar-refractivity contribution < 1.29 is 4.79 Å². The second-order valence-corrected chi connectivity index (χ2v) is 6.72. The SMILES string of the molecule is CC(C)CC(CN)CC(=O)NCc1ccc(Cl)s1. The van der Waals surface area contributed by atoms with E-state index < -0.39 is 0 Å². The minimum absolute atomic E-state index is 0.0654. The van der Waals surface area contributed by atoms with Gasteiger partial charge in [0.2, 0.25) is 5.91 Å². The molecule has 0 saturated heterocycles. The summed E-state index contributed by atoms with van der Waals surface area (Å²) in [6, 6.07) is 3.77. The van der Waals surface area contributed by atoms with E-state index in [4.69, 9.17) is 17.3 Å². The molecule has 5 heteroatoms. The van der Waals surface area contributed by atoms with Crippen LogP contribution in [0.3, 0.4) is 0 Å². The van der Waals surface area contributed by atoms with Crippen molar-refractivity contribution in [3.63, 3.8) is 0 Å². The molecule has 0 saturated carbocycles. The summed E-state index contributed by atoms with van der Waals surface area (Å²) < 4.78 is 0.749. The summed E-state index contributed by atoms with van der Waals surface area (Å²) in [4.78, 5) is 12.8. The molecule has 0 spiro atoms. The molecule has 1 unspecified atom stereocenters. The Kier molecular flexibility index (Phi) is 6.68. The first-order valence-electron chi connectivity index (χ1n) is 6.22. The number of amides is 1. The number of hydrogen-bond acceptors (Lipinski definition) is 3. The molecule has 0 aromatic carbocycles. The Hall–Kier alpha value is -0.580. The van der Waals surface area contributed by atoms with Crippen LogP contribution in [0, 0.1) is 11.8 Å². The molecule has 0 aliphatic carbocycles. The fourth-order valence-corrected chi connectivity index (χ4v) is 2.92. The highest BCUT2D eigenvalue weighted by molar-refractivity contribution is 7.16. The Morgan fingerprint density at radius 1 is 1.50 bits per heavy atom. The van der Waals surface area contributed by atoms with E-state index in [-0.39, 0.29) is 11.8 Å². The highest BCUT2D eigenvalue weighted by atomic mass is 35.5. The van der Waals surface area contributed by atoms with Gasteiger partial charge in [-0.1, -0.05) is 25.4 Å². The molecule has 1 aromatic rings. The van der Waals surface area contributed by atoms with Crippen molar-refractivity contribution in [1.29, 1.82) is 0 Å². The molecule has 3 nitrogen and oxygen atoms in total. The lowest BCUT2D eigenvalue weighted by atomic mass is 9.94. The predicted octanol–water partition coefficient (Wildman–Crippen LogP) is 3.03. The van der Waals surface area contributed by atoms with Crippen molar-refractivity contribution in [1.82, 2.24) is 5.32 Å². The number of rotatable bonds is 7. The van der Waals surface area contributed by atoms with Gasteiger partial charge in [-0.3, -0.25) is 4.79 Å². The Morgan fingerprint density at radius 3 is 2.72 bits per heavy atom. The van der Waals surface area contributed by atoms with Crippen LogP contribution in [0.2, 0.25) is 4.34 Å². The lowest BCUT2D eigenvalue weighted by Crippen LogP contribution is -2.28. The first kappa shape index (κ1) is 15.5. The first-order valence-corrected chi connectivity index (χ1v) is 7.41. The van der Waals surface area contributed by atoms with E-state index in [2.05, 4.69) is 19.2 Å². The molecule has 0 bridgehead atoms. The number of carbonyl (C=O) groups is 1. The zero-order chi connectivity index (χ0) is 13.5.